The van der Waals surface area contributed by atoms with Crippen molar-refractivity contribution in [3.63, 3.8) is 0 Å². The van der Waals surface area contributed by atoms with Crippen molar-refractivity contribution < 1.29 is 18.0 Å². The number of piperidine rings is 1. The van der Waals surface area contributed by atoms with E-state index in [0.29, 0.717) is 18.7 Å². The molecule has 2 aliphatic rings. The van der Waals surface area contributed by atoms with E-state index in [2.05, 4.69) is 15.6 Å². The van der Waals surface area contributed by atoms with Crippen LogP contribution in [0.2, 0.25) is 0 Å². The number of halogens is 3. The number of carbonyl (C=O) groups excluding carboxylic acids is 1. The van der Waals surface area contributed by atoms with E-state index in [0.717, 1.165) is 12.8 Å². The molecule has 0 spiro atoms. The van der Waals surface area contributed by atoms with Gasteiger partial charge in [-0.3, -0.25) is 5.32 Å². The van der Waals surface area contributed by atoms with Gasteiger partial charge in [-0.2, -0.15) is 13.2 Å². The van der Waals surface area contributed by atoms with Crippen LogP contribution in [0.15, 0.2) is 6.20 Å². The second-order valence-electron chi connectivity index (χ2n) is 6.12. The van der Waals surface area contributed by atoms with Gasteiger partial charge in [-0.05, 0) is 31.6 Å². The van der Waals surface area contributed by atoms with Crippen LogP contribution in [0.25, 0.3) is 0 Å². The third kappa shape index (κ3) is 3.02. The van der Waals surface area contributed by atoms with Crippen molar-refractivity contribution in [2.75, 3.05) is 5.32 Å². The summed E-state index contributed by atoms with van der Waals surface area (Å²) in [4.78, 5) is 14.1. The first-order valence-corrected chi connectivity index (χ1v) is 7.34. The summed E-state index contributed by atoms with van der Waals surface area (Å²) >= 11 is 0. The Morgan fingerprint density at radius 1 is 1.36 bits per heavy atom. The maximum Gasteiger partial charge on any atom is 0.389 e. The first-order valence-electron chi connectivity index (χ1n) is 7.34. The predicted molar refractivity (Wildman–Crippen MR) is 72.1 cm³/mol. The number of rotatable bonds is 2. The van der Waals surface area contributed by atoms with E-state index in [4.69, 9.17) is 0 Å². The molecule has 1 aromatic heterocycles. The number of nitrogens with zero attached hydrogens (tertiary/aromatic N) is 4. The number of urea groups is 1. The molecule has 0 saturated carbocycles. The zero-order chi connectivity index (χ0) is 15.9. The number of aryl methyl sites for hydroxylation is 1. The number of amides is 2. The highest BCUT2D eigenvalue weighted by atomic mass is 19.4. The van der Waals surface area contributed by atoms with Crippen LogP contribution in [0.1, 0.15) is 32.1 Å². The SMILES string of the molecule is Cn1nncc1NC(=O)N1C2CCC1CC(CC(F)(F)F)C2. The Morgan fingerprint density at radius 2 is 2.00 bits per heavy atom. The van der Waals surface area contributed by atoms with Gasteiger partial charge in [0.15, 0.2) is 5.82 Å². The van der Waals surface area contributed by atoms with Gasteiger partial charge in [0.25, 0.3) is 0 Å². The molecule has 2 unspecified atom stereocenters. The lowest BCUT2D eigenvalue weighted by Gasteiger charge is -2.39. The molecule has 6 nitrogen and oxygen atoms in total. The van der Waals surface area contributed by atoms with Crippen LogP contribution < -0.4 is 5.32 Å². The Kier molecular flexibility index (Phi) is 3.73. The molecule has 22 heavy (non-hydrogen) atoms. The lowest BCUT2D eigenvalue weighted by Crippen LogP contribution is -2.49. The Balaban J connectivity index is 1.65. The Labute approximate surface area is 125 Å². The normalized spacial score (nSPS) is 28.0. The van der Waals surface area contributed by atoms with Gasteiger partial charge in [0.05, 0.1) is 6.20 Å². The summed E-state index contributed by atoms with van der Waals surface area (Å²) in [6.45, 7) is 0. The Morgan fingerprint density at radius 3 is 2.50 bits per heavy atom. The third-order valence-corrected chi connectivity index (χ3v) is 4.53. The maximum atomic E-state index is 12.6. The average Bonchev–Trinajstić information content (AvgIpc) is 2.90. The summed E-state index contributed by atoms with van der Waals surface area (Å²) < 4.78 is 39.1. The van der Waals surface area contributed by atoms with Crippen molar-refractivity contribution in [3.05, 3.63) is 6.20 Å². The first-order chi connectivity index (χ1) is 10.3. The Bertz CT molecular complexity index is 544. The number of fused-ring (bicyclic) bond motifs is 2. The molecule has 2 aliphatic heterocycles. The van der Waals surface area contributed by atoms with Crippen LogP contribution in [0.5, 0.6) is 0 Å². The number of hydrogen-bond donors (Lipinski definition) is 1. The summed E-state index contributed by atoms with van der Waals surface area (Å²) in [5.74, 6) is 0.0988. The number of carbonyl (C=O) groups is 1. The summed E-state index contributed by atoms with van der Waals surface area (Å²) in [5.41, 5.74) is 0. The Hall–Kier alpha value is -1.80. The topological polar surface area (TPSA) is 63.1 Å². The second kappa shape index (κ2) is 5.44. The molecule has 2 bridgehead atoms. The molecule has 2 atom stereocenters. The molecule has 3 rings (SSSR count). The highest BCUT2D eigenvalue weighted by Gasteiger charge is 2.46. The van der Waals surface area contributed by atoms with Gasteiger partial charge in [-0.25, -0.2) is 9.48 Å². The number of nitrogens with one attached hydrogen (secondary N) is 1. The highest BCUT2D eigenvalue weighted by Crippen LogP contribution is 2.42. The third-order valence-electron chi connectivity index (χ3n) is 4.53. The predicted octanol–water partition coefficient (Wildman–Crippen LogP) is 2.54. The maximum absolute atomic E-state index is 12.6. The zero-order valence-corrected chi connectivity index (χ0v) is 12.2. The molecule has 122 valence electrons. The fourth-order valence-corrected chi connectivity index (χ4v) is 3.69. The van der Waals surface area contributed by atoms with Gasteiger partial charge in [-0.15, -0.1) is 5.10 Å². The van der Waals surface area contributed by atoms with Crippen molar-refractivity contribution in [2.24, 2.45) is 13.0 Å². The monoisotopic (exact) mass is 317 g/mol. The molecule has 1 N–H and O–H groups in total. The number of hydrogen-bond acceptors (Lipinski definition) is 3. The van der Waals surface area contributed by atoms with Gasteiger partial charge in [0, 0.05) is 25.6 Å². The van der Waals surface area contributed by atoms with Gasteiger partial charge in [0.2, 0.25) is 0 Å². The molecule has 0 aromatic carbocycles. The van der Waals surface area contributed by atoms with E-state index in [1.807, 2.05) is 0 Å². The van der Waals surface area contributed by atoms with Crippen LogP contribution in [0, 0.1) is 5.92 Å². The average molecular weight is 317 g/mol. The van der Waals surface area contributed by atoms with E-state index < -0.39 is 12.6 Å². The van der Waals surface area contributed by atoms with Crippen LogP contribution in [0.4, 0.5) is 23.8 Å². The molecule has 0 radical (unpaired) electrons. The zero-order valence-electron chi connectivity index (χ0n) is 12.2. The number of anilines is 1. The van der Waals surface area contributed by atoms with Gasteiger partial charge in [0.1, 0.15) is 0 Å². The van der Waals surface area contributed by atoms with E-state index in [1.165, 1.54) is 10.9 Å². The van der Waals surface area contributed by atoms with Crippen LogP contribution >= 0.6 is 0 Å². The van der Waals surface area contributed by atoms with E-state index >= 15 is 0 Å². The molecule has 1 aromatic rings. The van der Waals surface area contributed by atoms with E-state index in [1.54, 1.807) is 11.9 Å². The molecule has 0 aliphatic carbocycles. The summed E-state index contributed by atoms with van der Waals surface area (Å²) in [6, 6.07) is -0.483. The molecule has 2 fully saturated rings. The lowest BCUT2D eigenvalue weighted by molar-refractivity contribution is -0.148. The summed E-state index contributed by atoms with van der Waals surface area (Å²) in [7, 11) is 1.66. The minimum atomic E-state index is -4.13. The minimum absolute atomic E-state index is 0.104. The fourth-order valence-electron chi connectivity index (χ4n) is 3.69. The van der Waals surface area contributed by atoms with Gasteiger partial charge >= 0.3 is 12.2 Å². The largest absolute Gasteiger partial charge is 0.389 e. The van der Waals surface area contributed by atoms with Crippen molar-refractivity contribution in [1.29, 1.82) is 0 Å². The van der Waals surface area contributed by atoms with Gasteiger partial charge < -0.3 is 4.90 Å². The standard InChI is InChI=1S/C13H18F3N5O/c1-20-11(7-17-19-20)18-12(22)21-9-2-3-10(21)5-8(4-9)6-13(14,15)16/h7-10H,2-6H2,1H3,(H,18,22). The number of aromatic nitrogens is 3. The van der Waals surface area contributed by atoms with Crippen LogP contribution in [0.3, 0.4) is 0 Å². The minimum Gasteiger partial charge on any atom is -0.319 e. The second-order valence-corrected chi connectivity index (χ2v) is 6.12. The fraction of sp³-hybridized carbons (Fsp3) is 0.769. The smallest absolute Gasteiger partial charge is 0.319 e. The van der Waals surface area contributed by atoms with Crippen molar-refractivity contribution >= 4 is 11.8 Å². The summed E-state index contributed by atoms with van der Waals surface area (Å²) in [5, 5.41) is 10.1. The van der Waals surface area contributed by atoms with Crippen molar-refractivity contribution in [3.8, 4) is 0 Å². The lowest BCUT2D eigenvalue weighted by atomic mass is 9.88. The van der Waals surface area contributed by atoms with E-state index in [-0.39, 0.29) is 24.0 Å². The quantitative estimate of drug-likeness (QED) is 0.912. The van der Waals surface area contributed by atoms with Crippen LogP contribution in [-0.2, 0) is 7.05 Å². The molecule has 2 saturated heterocycles. The van der Waals surface area contributed by atoms with E-state index in [9.17, 15) is 18.0 Å². The molecule has 3 heterocycles. The molecule has 9 heteroatoms. The molecular formula is C13H18F3N5O. The highest BCUT2D eigenvalue weighted by molar-refractivity contribution is 5.89. The molecular weight excluding hydrogens is 299 g/mol. The first kappa shape index (κ1) is 15.1. The summed E-state index contributed by atoms with van der Waals surface area (Å²) in [6.07, 6.45) is -1.04. The van der Waals surface area contributed by atoms with Gasteiger partial charge in [-0.1, -0.05) is 5.21 Å². The molecule has 2 amide bonds. The number of alkyl halides is 3. The van der Waals surface area contributed by atoms with Crippen molar-refractivity contribution in [1.82, 2.24) is 19.9 Å². The van der Waals surface area contributed by atoms with Crippen molar-refractivity contribution in [2.45, 2.75) is 50.4 Å². The van der Waals surface area contributed by atoms with Crippen LogP contribution in [-0.4, -0.2) is 44.2 Å².